The van der Waals surface area contributed by atoms with Crippen LogP contribution in [0.1, 0.15) is 46.0 Å². The first-order valence-corrected chi connectivity index (χ1v) is 10.5. The SMILES string of the molecule is Cc1cc(C2CCCNC2)oc(=O)c1C(=O)N1CCN(Cc2ccccc2)CC1. The summed E-state index contributed by atoms with van der Waals surface area (Å²) in [6.07, 6.45) is 2.08. The normalized spacial score (nSPS) is 20.6. The van der Waals surface area contributed by atoms with Crippen molar-refractivity contribution < 1.29 is 9.21 Å². The Kier molecular flexibility index (Phi) is 6.11. The smallest absolute Gasteiger partial charge is 0.349 e. The van der Waals surface area contributed by atoms with Crippen LogP contribution in [0.4, 0.5) is 0 Å². The van der Waals surface area contributed by atoms with Gasteiger partial charge in [0.05, 0.1) is 0 Å². The molecule has 1 amide bonds. The first-order chi connectivity index (χ1) is 14.1. The van der Waals surface area contributed by atoms with Crippen LogP contribution in [0.3, 0.4) is 0 Å². The van der Waals surface area contributed by atoms with Crippen LogP contribution in [0.2, 0.25) is 0 Å². The molecule has 1 atom stereocenters. The summed E-state index contributed by atoms with van der Waals surface area (Å²) in [5, 5.41) is 3.34. The van der Waals surface area contributed by atoms with Gasteiger partial charge in [-0.2, -0.15) is 0 Å². The number of nitrogens with one attached hydrogen (secondary N) is 1. The van der Waals surface area contributed by atoms with Crippen molar-refractivity contribution in [1.29, 1.82) is 0 Å². The molecular formula is C23H29N3O3. The second-order valence-electron chi connectivity index (χ2n) is 8.09. The molecule has 2 fully saturated rings. The molecule has 6 heteroatoms. The maximum atomic E-state index is 13.0. The summed E-state index contributed by atoms with van der Waals surface area (Å²) in [6.45, 7) is 7.40. The Balaban J connectivity index is 1.41. The molecule has 1 unspecified atom stereocenters. The van der Waals surface area contributed by atoms with Gasteiger partial charge >= 0.3 is 5.63 Å². The first kappa shape index (κ1) is 19.9. The van der Waals surface area contributed by atoms with Crippen LogP contribution in [0.5, 0.6) is 0 Å². The molecule has 0 radical (unpaired) electrons. The van der Waals surface area contributed by atoms with E-state index in [1.165, 1.54) is 5.56 Å². The van der Waals surface area contributed by atoms with Gasteiger partial charge in [-0.3, -0.25) is 9.69 Å². The molecule has 2 saturated heterocycles. The molecule has 1 N–H and O–H groups in total. The third-order valence-corrected chi connectivity index (χ3v) is 5.99. The lowest BCUT2D eigenvalue weighted by Gasteiger charge is -2.34. The molecular weight excluding hydrogens is 366 g/mol. The Morgan fingerprint density at radius 1 is 1.17 bits per heavy atom. The quantitative estimate of drug-likeness (QED) is 0.861. The number of benzene rings is 1. The fourth-order valence-electron chi connectivity index (χ4n) is 4.29. The summed E-state index contributed by atoms with van der Waals surface area (Å²) >= 11 is 0. The summed E-state index contributed by atoms with van der Waals surface area (Å²) in [7, 11) is 0. The number of carbonyl (C=O) groups is 1. The van der Waals surface area contributed by atoms with Crippen LogP contribution in [-0.4, -0.2) is 55.0 Å². The molecule has 0 spiro atoms. The van der Waals surface area contributed by atoms with Gasteiger partial charge in [-0.15, -0.1) is 0 Å². The lowest BCUT2D eigenvalue weighted by molar-refractivity contribution is 0.0622. The molecule has 29 heavy (non-hydrogen) atoms. The lowest BCUT2D eigenvalue weighted by Crippen LogP contribution is -2.49. The van der Waals surface area contributed by atoms with Crippen molar-refractivity contribution in [3.05, 3.63) is 69.3 Å². The van der Waals surface area contributed by atoms with Gasteiger partial charge in [-0.25, -0.2) is 4.79 Å². The van der Waals surface area contributed by atoms with E-state index in [0.717, 1.165) is 51.1 Å². The van der Waals surface area contributed by atoms with Crippen molar-refractivity contribution in [3.8, 4) is 0 Å². The zero-order chi connectivity index (χ0) is 20.2. The Morgan fingerprint density at radius 3 is 2.59 bits per heavy atom. The van der Waals surface area contributed by atoms with E-state index >= 15 is 0 Å². The van der Waals surface area contributed by atoms with Gasteiger partial charge in [0.1, 0.15) is 11.3 Å². The van der Waals surface area contributed by atoms with E-state index in [0.29, 0.717) is 18.8 Å². The number of rotatable bonds is 4. The number of aryl methyl sites for hydroxylation is 1. The van der Waals surface area contributed by atoms with E-state index < -0.39 is 5.63 Å². The Bertz CT molecular complexity index is 895. The number of carbonyl (C=O) groups excluding carboxylic acids is 1. The summed E-state index contributed by atoms with van der Waals surface area (Å²) in [5.41, 5.74) is 1.69. The van der Waals surface area contributed by atoms with E-state index in [1.807, 2.05) is 31.2 Å². The molecule has 0 bridgehead atoms. The molecule has 6 nitrogen and oxygen atoms in total. The van der Waals surface area contributed by atoms with Gasteiger partial charge in [0.2, 0.25) is 0 Å². The molecule has 1 aromatic carbocycles. The van der Waals surface area contributed by atoms with Gasteiger partial charge in [0, 0.05) is 45.2 Å². The number of hydrogen-bond donors (Lipinski definition) is 1. The second-order valence-corrected chi connectivity index (χ2v) is 8.09. The minimum atomic E-state index is -0.498. The van der Waals surface area contributed by atoms with Crippen molar-refractivity contribution >= 4 is 5.91 Å². The summed E-state index contributed by atoms with van der Waals surface area (Å²) < 4.78 is 5.59. The highest BCUT2D eigenvalue weighted by Crippen LogP contribution is 2.24. The average molecular weight is 396 g/mol. The zero-order valence-corrected chi connectivity index (χ0v) is 17.0. The molecule has 3 heterocycles. The number of amides is 1. The molecule has 2 aliphatic rings. The predicted octanol–water partition coefficient (Wildman–Crippen LogP) is 2.37. The standard InChI is InChI=1S/C23H29N3O3/c1-17-14-20(19-8-5-9-24-15-19)29-23(28)21(17)22(27)26-12-10-25(11-13-26)16-18-6-3-2-4-7-18/h2-4,6-7,14,19,24H,5,8-13,15-16H2,1H3. The molecule has 154 valence electrons. The molecule has 4 rings (SSSR count). The number of nitrogens with zero attached hydrogens (tertiary/aromatic N) is 2. The predicted molar refractivity (Wildman–Crippen MR) is 112 cm³/mol. The van der Waals surface area contributed by atoms with Crippen LogP contribution < -0.4 is 10.9 Å². The van der Waals surface area contributed by atoms with Gasteiger partial charge in [-0.05, 0) is 43.5 Å². The summed E-state index contributed by atoms with van der Waals surface area (Å²) in [6, 6.07) is 12.2. The van der Waals surface area contributed by atoms with Crippen molar-refractivity contribution in [2.75, 3.05) is 39.3 Å². The van der Waals surface area contributed by atoms with E-state index in [4.69, 9.17) is 4.42 Å². The first-order valence-electron chi connectivity index (χ1n) is 10.5. The van der Waals surface area contributed by atoms with Crippen molar-refractivity contribution in [3.63, 3.8) is 0 Å². The zero-order valence-electron chi connectivity index (χ0n) is 17.0. The topological polar surface area (TPSA) is 65.8 Å². The van der Waals surface area contributed by atoms with Crippen LogP contribution in [0.15, 0.2) is 45.6 Å². The van der Waals surface area contributed by atoms with E-state index in [2.05, 4.69) is 22.3 Å². The fraction of sp³-hybridized carbons (Fsp3) is 0.478. The van der Waals surface area contributed by atoms with Crippen LogP contribution in [0, 0.1) is 6.92 Å². The van der Waals surface area contributed by atoms with Crippen molar-refractivity contribution in [2.24, 2.45) is 0 Å². The average Bonchev–Trinajstić information content (AvgIpc) is 2.75. The van der Waals surface area contributed by atoms with Crippen molar-refractivity contribution in [2.45, 2.75) is 32.2 Å². The molecule has 1 aromatic heterocycles. The van der Waals surface area contributed by atoms with Gasteiger partial charge < -0.3 is 14.6 Å². The van der Waals surface area contributed by atoms with Crippen LogP contribution in [0.25, 0.3) is 0 Å². The number of piperazine rings is 1. The van der Waals surface area contributed by atoms with Crippen molar-refractivity contribution in [1.82, 2.24) is 15.1 Å². The summed E-state index contributed by atoms with van der Waals surface area (Å²) in [4.78, 5) is 29.8. The lowest BCUT2D eigenvalue weighted by atomic mass is 9.95. The van der Waals surface area contributed by atoms with Crippen LogP contribution >= 0.6 is 0 Å². The van der Waals surface area contributed by atoms with E-state index in [-0.39, 0.29) is 17.4 Å². The fourth-order valence-corrected chi connectivity index (χ4v) is 4.29. The molecule has 0 saturated carbocycles. The molecule has 2 aromatic rings. The minimum absolute atomic E-state index is 0.189. The Labute approximate surface area is 171 Å². The maximum absolute atomic E-state index is 13.0. The summed E-state index contributed by atoms with van der Waals surface area (Å²) in [5.74, 6) is 0.702. The maximum Gasteiger partial charge on any atom is 0.349 e. The number of hydrogen-bond acceptors (Lipinski definition) is 5. The highest BCUT2D eigenvalue weighted by Gasteiger charge is 2.27. The largest absolute Gasteiger partial charge is 0.427 e. The minimum Gasteiger partial charge on any atom is -0.427 e. The molecule has 2 aliphatic heterocycles. The highest BCUT2D eigenvalue weighted by atomic mass is 16.4. The Morgan fingerprint density at radius 2 is 1.93 bits per heavy atom. The third-order valence-electron chi connectivity index (χ3n) is 5.99. The van der Waals surface area contributed by atoms with E-state index in [1.54, 1.807) is 4.90 Å². The highest BCUT2D eigenvalue weighted by molar-refractivity contribution is 5.95. The van der Waals surface area contributed by atoms with Gasteiger partial charge in [-0.1, -0.05) is 30.3 Å². The number of piperidine rings is 1. The Hall–Kier alpha value is -2.44. The van der Waals surface area contributed by atoms with E-state index in [9.17, 15) is 9.59 Å². The molecule has 0 aliphatic carbocycles. The van der Waals surface area contributed by atoms with Gasteiger partial charge in [0.25, 0.3) is 5.91 Å². The third kappa shape index (κ3) is 4.60. The second kappa shape index (κ2) is 8.93. The van der Waals surface area contributed by atoms with Gasteiger partial charge in [0.15, 0.2) is 0 Å². The monoisotopic (exact) mass is 395 g/mol. The van der Waals surface area contributed by atoms with Crippen LogP contribution in [-0.2, 0) is 6.54 Å².